The molecule has 2 N–H and O–H groups in total. The Morgan fingerprint density at radius 2 is 2.00 bits per heavy atom. The van der Waals surface area contributed by atoms with Crippen LogP contribution in [0.2, 0.25) is 0 Å². The highest BCUT2D eigenvalue weighted by atomic mass is 16.4. The fraction of sp³-hybridized carbons (Fsp3) is 0.714. The largest absolute Gasteiger partial charge is 0.481 e. The van der Waals surface area contributed by atoms with Gasteiger partial charge in [0.05, 0.1) is 17.9 Å². The molecule has 0 aliphatic heterocycles. The summed E-state index contributed by atoms with van der Waals surface area (Å²) >= 11 is 0. The van der Waals surface area contributed by atoms with Crippen molar-refractivity contribution in [3.05, 3.63) is 0 Å². The zero-order valence-corrected chi connectivity index (χ0v) is 10.8. The monoisotopic (exact) mass is 251 g/mol. The Bertz CT molecular complexity index is 345. The molecule has 1 aliphatic carbocycles. The van der Waals surface area contributed by atoms with Gasteiger partial charge in [-0.2, -0.15) is 0 Å². The molecule has 0 spiro atoms. The Balaban J connectivity index is 2.63. The summed E-state index contributed by atoms with van der Waals surface area (Å²) in [6.07, 6.45) is 10.00. The summed E-state index contributed by atoms with van der Waals surface area (Å²) in [5.74, 6) is 0.486. The Hall–Kier alpha value is -1.50. The molecular weight excluding hydrogens is 230 g/mol. The van der Waals surface area contributed by atoms with Gasteiger partial charge >= 0.3 is 5.97 Å². The summed E-state index contributed by atoms with van der Waals surface area (Å²) in [4.78, 5) is 23.2. The minimum absolute atomic E-state index is 0.196. The molecule has 4 heteroatoms. The number of amides is 1. The standard InChI is InChI=1S/C14H21NO3/c1-3-7-10(4-2)15-13(16)11-8-5-6-9-12(11)14(17)18/h2,10-12H,3,5-9H2,1H3,(H,15,16)(H,17,18). The summed E-state index contributed by atoms with van der Waals surface area (Å²) in [5, 5.41) is 11.9. The van der Waals surface area contributed by atoms with Crippen molar-refractivity contribution in [2.24, 2.45) is 11.8 Å². The maximum atomic E-state index is 12.1. The predicted octanol–water partition coefficient (Wildman–Crippen LogP) is 1.80. The number of nitrogens with one attached hydrogen (secondary N) is 1. The van der Waals surface area contributed by atoms with Crippen LogP contribution in [0.15, 0.2) is 0 Å². The minimum Gasteiger partial charge on any atom is -0.481 e. The van der Waals surface area contributed by atoms with Gasteiger partial charge in [-0.1, -0.05) is 32.1 Å². The first-order chi connectivity index (χ1) is 8.60. The molecule has 1 amide bonds. The van der Waals surface area contributed by atoms with Crippen molar-refractivity contribution in [3.63, 3.8) is 0 Å². The third kappa shape index (κ3) is 3.76. The van der Waals surface area contributed by atoms with Crippen molar-refractivity contribution in [1.29, 1.82) is 0 Å². The summed E-state index contributed by atoms with van der Waals surface area (Å²) in [5.41, 5.74) is 0. The molecule has 1 rings (SSSR count). The highest BCUT2D eigenvalue weighted by molar-refractivity contribution is 5.85. The van der Waals surface area contributed by atoms with Crippen LogP contribution in [-0.2, 0) is 9.59 Å². The molecule has 0 heterocycles. The average Bonchev–Trinajstić information content (AvgIpc) is 2.38. The molecule has 0 bridgehead atoms. The lowest BCUT2D eigenvalue weighted by Crippen LogP contribution is -2.43. The fourth-order valence-electron chi connectivity index (χ4n) is 2.50. The molecule has 1 fully saturated rings. The predicted molar refractivity (Wildman–Crippen MR) is 68.8 cm³/mol. The van der Waals surface area contributed by atoms with E-state index in [2.05, 4.69) is 11.2 Å². The van der Waals surface area contributed by atoms with Crippen LogP contribution in [0.1, 0.15) is 45.4 Å². The molecule has 100 valence electrons. The van der Waals surface area contributed by atoms with E-state index in [0.717, 1.165) is 25.7 Å². The van der Waals surface area contributed by atoms with Crippen LogP contribution in [0, 0.1) is 24.2 Å². The molecule has 1 saturated carbocycles. The van der Waals surface area contributed by atoms with E-state index in [1.807, 2.05) is 6.92 Å². The second-order valence-corrected chi connectivity index (χ2v) is 4.85. The average molecular weight is 251 g/mol. The van der Waals surface area contributed by atoms with Crippen LogP contribution < -0.4 is 5.32 Å². The molecule has 4 nitrogen and oxygen atoms in total. The van der Waals surface area contributed by atoms with Crippen LogP contribution in [0.5, 0.6) is 0 Å². The van der Waals surface area contributed by atoms with Gasteiger partial charge in [0.2, 0.25) is 5.91 Å². The lowest BCUT2D eigenvalue weighted by molar-refractivity contribution is -0.149. The molecule has 18 heavy (non-hydrogen) atoms. The maximum absolute atomic E-state index is 12.1. The topological polar surface area (TPSA) is 66.4 Å². The molecule has 0 aromatic rings. The van der Waals surface area contributed by atoms with Gasteiger partial charge in [-0.05, 0) is 19.3 Å². The van der Waals surface area contributed by atoms with Gasteiger partial charge in [0, 0.05) is 0 Å². The van der Waals surface area contributed by atoms with Gasteiger partial charge in [-0.3, -0.25) is 9.59 Å². The van der Waals surface area contributed by atoms with Crippen molar-refractivity contribution >= 4 is 11.9 Å². The van der Waals surface area contributed by atoms with Gasteiger partial charge in [0.25, 0.3) is 0 Å². The lowest BCUT2D eigenvalue weighted by Gasteiger charge is -2.28. The van der Waals surface area contributed by atoms with Crippen LogP contribution in [0.4, 0.5) is 0 Å². The third-order valence-corrected chi connectivity index (χ3v) is 3.51. The summed E-state index contributed by atoms with van der Waals surface area (Å²) in [6.45, 7) is 2.00. The molecule has 3 atom stereocenters. The van der Waals surface area contributed by atoms with Crippen LogP contribution >= 0.6 is 0 Å². The molecule has 1 aliphatic rings. The number of carbonyl (C=O) groups is 2. The summed E-state index contributed by atoms with van der Waals surface area (Å²) < 4.78 is 0. The van der Waals surface area contributed by atoms with Gasteiger partial charge < -0.3 is 10.4 Å². The number of carbonyl (C=O) groups excluding carboxylic acids is 1. The molecule has 0 saturated heterocycles. The van der Waals surface area contributed by atoms with Crippen molar-refractivity contribution in [3.8, 4) is 12.3 Å². The summed E-state index contributed by atoms with van der Waals surface area (Å²) in [7, 11) is 0. The molecule has 0 aromatic carbocycles. The second-order valence-electron chi connectivity index (χ2n) is 4.85. The molecular formula is C14H21NO3. The Morgan fingerprint density at radius 3 is 2.50 bits per heavy atom. The van der Waals surface area contributed by atoms with E-state index in [-0.39, 0.29) is 11.9 Å². The van der Waals surface area contributed by atoms with E-state index in [9.17, 15) is 9.59 Å². The number of carboxylic acids is 1. The molecule has 0 aromatic heterocycles. The number of aliphatic carboxylic acids is 1. The van der Waals surface area contributed by atoms with E-state index in [0.29, 0.717) is 12.8 Å². The van der Waals surface area contributed by atoms with Crippen molar-refractivity contribution in [2.75, 3.05) is 0 Å². The van der Waals surface area contributed by atoms with Crippen LogP contribution in [0.25, 0.3) is 0 Å². The Labute approximate surface area is 108 Å². The second kappa shape index (κ2) is 7.05. The highest BCUT2D eigenvalue weighted by Gasteiger charge is 2.36. The van der Waals surface area contributed by atoms with Gasteiger partial charge in [0.15, 0.2) is 0 Å². The number of hydrogen-bond acceptors (Lipinski definition) is 2. The number of carboxylic acid groups (broad SMARTS) is 1. The van der Waals surface area contributed by atoms with Gasteiger partial charge in [-0.15, -0.1) is 6.42 Å². The van der Waals surface area contributed by atoms with E-state index >= 15 is 0 Å². The quantitative estimate of drug-likeness (QED) is 0.732. The van der Waals surface area contributed by atoms with E-state index in [1.54, 1.807) is 0 Å². The lowest BCUT2D eigenvalue weighted by atomic mass is 9.78. The fourth-order valence-corrected chi connectivity index (χ4v) is 2.50. The highest BCUT2D eigenvalue weighted by Crippen LogP contribution is 2.30. The third-order valence-electron chi connectivity index (χ3n) is 3.51. The van der Waals surface area contributed by atoms with Crippen molar-refractivity contribution < 1.29 is 14.7 Å². The Kier molecular flexibility index (Phi) is 5.70. The zero-order valence-electron chi connectivity index (χ0n) is 10.8. The molecule has 3 unspecified atom stereocenters. The number of rotatable bonds is 5. The summed E-state index contributed by atoms with van der Waals surface area (Å²) in [6, 6.07) is -0.279. The smallest absolute Gasteiger partial charge is 0.307 e. The Morgan fingerprint density at radius 1 is 1.39 bits per heavy atom. The van der Waals surface area contributed by atoms with Crippen molar-refractivity contribution in [1.82, 2.24) is 5.32 Å². The SMILES string of the molecule is C#CC(CCC)NC(=O)C1CCCCC1C(=O)O. The minimum atomic E-state index is -0.873. The van der Waals surface area contributed by atoms with E-state index < -0.39 is 17.8 Å². The molecule has 0 radical (unpaired) electrons. The first-order valence-electron chi connectivity index (χ1n) is 6.59. The van der Waals surface area contributed by atoms with Crippen LogP contribution in [-0.4, -0.2) is 23.0 Å². The number of terminal acetylenes is 1. The van der Waals surface area contributed by atoms with E-state index in [1.165, 1.54) is 0 Å². The normalized spacial score (nSPS) is 24.9. The van der Waals surface area contributed by atoms with Crippen LogP contribution in [0.3, 0.4) is 0 Å². The van der Waals surface area contributed by atoms with Crippen molar-refractivity contribution in [2.45, 2.75) is 51.5 Å². The first-order valence-corrected chi connectivity index (χ1v) is 6.59. The zero-order chi connectivity index (χ0) is 13.5. The first kappa shape index (κ1) is 14.6. The number of hydrogen-bond donors (Lipinski definition) is 2. The van der Waals surface area contributed by atoms with E-state index in [4.69, 9.17) is 11.5 Å². The van der Waals surface area contributed by atoms with Gasteiger partial charge in [0.1, 0.15) is 0 Å². The maximum Gasteiger partial charge on any atom is 0.307 e. The van der Waals surface area contributed by atoms with Gasteiger partial charge in [-0.25, -0.2) is 0 Å².